The number of para-hydroxylation sites is 1. The van der Waals surface area contributed by atoms with E-state index in [1.165, 1.54) is 0 Å². The van der Waals surface area contributed by atoms with Gasteiger partial charge < -0.3 is 5.32 Å². The molecule has 2 aromatic heterocycles. The molecule has 0 bridgehead atoms. The molecule has 106 valence electrons. The van der Waals surface area contributed by atoms with E-state index < -0.39 is 0 Å². The van der Waals surface area contributed by atoms with Crippen LogP contribution in [0.1, 0.15) is 15.9 Å². The number of aromatic nitrogens is 3. The van der Waals surface area contributed by atoms with Gasteiger partial charge in [-0.15, -0.1) is 0 Å². The van der Waals surface area contributed by atoms with Crippen LogP contribution >= 0.6 is 0 Å². The number of aryl methyl sites for hydroxylation is 1. The zero-order chi connectivity index (χ0) is 14.7. The van der Waals surface area contributed by atoms with Crippen LogP contribution in [0.15, 0.2) is 48.9 Å². The highest BCUT2D eigenvalue weighted by Gasteiger charge is 2.07. The van der Waals surface area contributed by atoms with Crippen molar-refractivity contribution in [1.29, 1.82) is 0 Å². The molecule has 0 saturated heterocycles. The second-order valence-electron chi connectivity index (χ2n) is 4.90. The zero-order valence-corrected chi connectivity index (χ0v) is 11.8. The first-order chi connectivity index (χ1) is 10.2. The maximum absolute atomic E-state index is 11.9. The van der Waals surface area contributed by atoms with Crippen LogP contribution in [-0.2, 0) is 13.5 Å². The zero-order valence-electron chi connectivity index (χ0n) is 11.8. The van der Waals surface area contributed by atoms with Gasteiger partial charge >= 0.3 is 0 Å². The lowest BCUT2D eigenvalue weighted by atomic mass is 10.1. The number of benzene rings is 1. The van der Waals surface area contributed by atoms with Crippen molar-refractivity contribution < 1.29 is 4.79 Å². The summed E-state index contributed by atoms with van der Waals surface area (Å²) < 4.78 is 1.61. The Labute approximate surface area is 122 Å². The smallest absolute Gasteiger partial charge is 0.254 e. The largest absolute Gasteiger partial charge is 0.352 e. The molecule has 0 radical (unpaired) electrons. The average Bonchev–Trinajstić information content (AvgIpc) is 2.94. The third-order valence-corrected chi connectivity index (χ3v) is 3.36. The molecule has 1 N–H and O–H groups in total. The van der Waals surface area contributed by atoms with Gasteiger partial charge in [-0.25, -0.2) is 0 Å². The minimum atomic E-state index is -0.101. The van der Waals surface area contributed by atoms with Crippen LogP contribution < -0.4 is 5.32 Å². The van der Waals surface area contributed by atoms with Crippen LogP contribution in [0.4, 0.5) is 0 Å². The van der Waals surface area contributed by atoms with Gasteiger partial charge in [0.05, 0.1) is 17.3 Å². The third-order valence-electron chi connectivity index (χ3n) is 3.36. The average molecular weight is 280 g/mol. The number of pyridine rings is 1. The number of carbonyl (C=O) groups is 1. The van der Waals surface area contributed by atoms with E-state index in [1.54, 1.807) is 30.3 Å². The number of carbonyl (C=O) groups excluding carboxylic acids is 1. The van der Waals surface area contributed by atoms with Crippen molar-refractivity contribution in [1.82, 2.24) is 20.1 Å². The van der Waals surface area contributed by atoms with Crippen LogP contribution in [0.5, 0.6) is 0 Å². The van der Waals surface area contributed by atoms with Crippen LogP contribution in [0.3, 0.4) is 0 Å². The van der Waals surface area contributed by atoms with Gasteiger partial charge in [-0.2, -0.15) is 5.10 Å². The summed E-state index contributed by atoms with van der Waals surface area (Å²) in [6, 6.07) is 10.1. The summed E-state index contributed by atoms with van der Waals surface area (Å²) in [7, 11) is 1.79. The molecule has 0 spiro atoms. The molecule has 21 heavy (non-hydrogen) atoms. The minimum absolute atomic E-state index is 0.101. The second-order valence-corrected chi connectivity index (χ2v) is 4.90. The molecule has 2 heterocycles. The second kappa shape index (κ2) is 5.75. The maximum Gasteiger partial charge on any atom is 0.254 e. The standard InChI is InChI=1S/C16H16N4O/c1-20-11-14(10-19-20)16(21)18-9-7-13-5-2-4-12-6-3-8-17-15(12)13/h2-6,8,10-11H,7,9H2,1H3,(H,18,21). The number of hydrogen-bond donors (Lipinski definition) is 1. The first-order valence-electron chi connectivity index (χ1n) is 6.83. The van der Waals surface area contributed by atoms with E-state index in [0.717, 1.165) is 22.9 Å². The number of fused-ring (bicyclic) bond motifs is 1. The summed E-state index contributed by atoms with van der Waals surface area (Å²) in [5.41, 5.74) is 2.71. The lowest BCUT2D eigenvalue weighted by molar-refractivity contribution is 0.0954. The number of nitrogens with zero attached hydrogens (tertiary/aromatic N) is 3. The van der Waals surface area contributed by atoms with Gasteiger partial charge in [-0.05, 0) is 18.1 Å². The van der Waals surface area contributed by atoms with E-state index in [1.807, 2.05) is 30.3 Å². The molecule has 0 aliphatic heterocycles. The van der Waals surface area contributed by atoms with E-state index in [-0.39, 0.29) is 5.91 Å². The monoisotopic (exact) mass is 280 g/mol. The highest BCUT2D eigenvalue weighted by atomic mass is 16.1. The molecule has 0 atom stereocenters. The Balaban J connectivity index is 1.66. The Bertz CT molecular complexity index is 773. The van der Waals surface area contributed by atoms with Crippen molar-refractivity contribution in [3.05, 3.63) is 60.0 Å². The summed E-state index contributed by atoms with van der Waals surface area (Å²) in [6.45, 7) is 0.573. The van der Waals surface area contributed by atoms with Gasteiger partial charge in [0.25, 0.3) is 5.91 Å². The first-order valence-corrected chi connectivity index (χ1v) is 6.83. The quantitative estimate of drug-likeness (QED) is 0.794. The fourth-order valence-electron chi connectivity index (χ4n) is 2.32. The first kappa shape index (κ1) is 13.3. The lowest BCUT2D eigenvalue weighted by Gasteiger charge is -2.06. The Hall–Kier alpha value is -2.69. The van der Waals surface area contributed by atoms with Crippen LogP contribution in [0.25, 0.3) is 10.9 Å². The predicted molar refractivity (Wildman–Crippen MR) is 81.0 cm³/mol. The molecule has 0 aliphatic carbocycles. The number of hydrogen-bond acceptors (Lipinski definition) is 3. The molecule has 0 unspecified atom stereocenters. The molecule has 3 rings (SSSR count). The van der Waals surface area contributed by atoms with Gasteiger partial charge in [0.1, 0.15) is 0 Å². The van der Waals surface area contributed by atoms with E-state index in [2.05, 4.69) is 15.4 Å². The summed E-state index contributed by atoms with van der Waals surface area (Å²) in [5, 5.41) is 8.02. The topological polar surface area (TPSA) is 59.8 Å². The molecular formula is C16H16N4O. The summed E-state index contributed by atoms with van der Waals surface area (Å²) in [6.07, 6.45) is 5.81. The fourth-order valence-corrected chi connectivity index (χ4v) is 2.32. The maximum atomic E-state index is 11.9. The number of nitrogens with one attached hydrogen (secondary N) is 1. The van der Waals surface area contributed by atoms with Crippen molar-refractivity contribution in [2.45, 2.75) is 6.42 Å². The molecule has 5 nitrogen and oxygen atoms in total. The lowest BCUT2D eigenvalue weighted by Crippen LogP contribution is -2.25. The molecule has 3 aromatic rings. The van der Waals surface area contributed by atoms with Crippen LogP contribution in [0, 0.1) is 0 Å². The van der Waals surface area contributed by atoms with Crippen LogP contribution in [-0.4, -0.2) is 27.2 Å². The van der Waals surface area contributed by atoms with Crippen molar-refractivity contribution in [3.8, 4) is 0 Å². The Kier molecular flexibility index (Phi) is 3.64. The van der Waals surface area contributed by atoms with Crippen LogP contribution in [0.2, 0.25) is 0 Å². The molecule has 5 heteroatoms. The molecule has 0 fully saturated rings. The van der Waals surface area contributed by atoms with Crippen molar-refractivity contribution in [3.63, 3.8) is 0 Å². The van der Waals surface area contributed by atoms with E-state index in [9.17, 15) is 4.79 Å². The molecule has 0 aliphatic rings. The Morgan fingerprint density at radius 2 is 2.14 bits per heavy atom. The Morgan fingerprint density at radius 3 is 2.95 bits per heavy atom. The van der Waals surface area contributed by atoms with Gasteiger partial charge in [0.2, 0.25) is 0 Å². The van der Waals surface area contributed by atoms with E-state index >= 15 is 0 Å². The Morgan fingerprint density at radius 1 is 1.29 bits per heavy atom. The van der Waals surface area contributed by atoms with E-state index in [0.29, 0.717) is 12.1 Å². The van der Waals surface area contributed by atoms with Crippen molar-refractivity contribution in [2.24, 2.45) is 7.05 Å². The van der Waals surface area contributed by atoms with Gasteiger partial charge in [0, 0.05) is 31.4 Å². The normalized spacial score (nSPS) is 10.7. The van der Waals surface area contributed by atoms with Gasteiger partial charge in [-0.1, -0.05) is 24.3 Å². The van der Waals surface area contributed by atoms with Gasteiger partial charge in [0.15, 0.2) is 0 Å². The number of amides is 1. The predicted octanol–water partition coefficient (Wildman–Crippen LogP) is 1.94. The molecule has 0 saturated carbocycles. The van der Waals surface area contributed by atoms with Gasteiger partial charge in [-0.3, -0.25) is 14.5 Å². The minimum Gasteiger partial charge on any atom is -0.352 e. The highest BCUT2D eigenvalue weighted by molar-refractivity contribution is 5.93. The summed E-state index contributed by atoms with van der Waals surface area (Å²) in [5.74, 6) is -0.101. The van der Waals surface area contributed by atoms with Crippen molar-refractivity contribution in [2.75, 3.05) is 6.54 Å². The third kappa shape index (κ3) is 2.91. The van der Waals surface area contributed by atoms with E-state index in [4.69, 9.17) is 0 Å². The summed E-state index contributed by atoms with van der Waals surface area (Å²) in [4.78, 5) is 16.3. The SMILES string of the molecule is Cn1cc(C(=O)NCCc2cccc3cccnc23)cn1. The molecule has 1 aromatic carbocycles. The van der Waals surface area contributed by atoms with Crippen molar-refractivity contribution >= 4 is 16.8 Å². The number of rotatable bonds is 4. The fraction of sp³-hybridized carbons (Fsp3) is 0.188. The molecular weight excluding hydrogens is 264 g/mol. The summed E-state index contributed by atoms with van der Waals surface area (Å²) >= 11 is 0. The highest BCUT2D eigenvalue weighted by Crippen LogP contribution is 2.15. The molecule has 1 amide bonds.